The molecule has 4 nitrogen and oxygen atoms in total. The quantitative estimate of drug-likeness (QED) is 0.650. The summed E-state index contributed by atoms with van der Waals surface area (Å²) in [6, 6.07) is 0.485. The molecule has 5 heteroatoms. The molecular formula is C9H18N2O2S. The van der Waals surface area contributed by atoms with E-state index in [0.717, 1.165) is 32.4 Å². The number of hydrogen-bond acceptors (Lipinski definition) is 4. The van der Waals surface area contributed by atoms with E-state index in [2.05, 4.69) is 4.90 Å². The first-order valence-corrected chi connectivity index (χ1v) is 7.09. The van der Waals surface area contributed by atoms with Crippen LogP contribution in [0.5, 0.6) is 0 Å². The summed E-state index contributed by atoms with van der Waals surface area (Å²) < 4.78 is 22.6. The summed E-state index contributed by atoms with van der Waals surface area (Å²) >= 11 is 0. The van der Waals surface area contributed by atoms with Gasteiger partial charge in [0.05, 0.1) is 11.5 Å². The minimum Gasteiger partial charge on any atom is -0.327 e. The zero-order valence-corrected chi connectivity index (χ0v) is 9.17. The van der Waals surface area contributed by atoms with Gasteiger partial charge in [-0.15, -0.1) is 0 Å². The van der Waals surface area contributed by atoms with Gasteiger partial charge in [-0.05, 0) is 25.8 Å². The minimum absolute atomic E-state index is 0.242. The Labute approximate surface area is 85.4 Å². The molecule has 2 heterocycles. The minimum atomic E-state index is -2.74. The SMILES string of the molecule is N[C@H]1CCCN([C@H]2CCS(=O)(=O)C2)C1. The number of piperidine rings is 1. The van der Waals surface area contributed by atoms with Crippen molar-refractivity contribution in [2.75, 3.05) is 24.6 Å². The van der Waals surface area contributed by atoms with E-state index in [1.807, 2.05) is 0 Å². The van der Waals surface area contributed by atoms with Crippen LogP contribution in [0.2, 0.25) is 0 Å². The molecule has 0 aliphatic carbocycles. The second kappa shape index (κ2) is 3.79. The van der Waals surface area contributed by atoms with Crippen LogP contribution in [0.1, 0.15) is 19.3 Å². The normalized spacial score (nSPS) is 38.6. The fourth-order valence-electron chi connectivity index (χ4n) is 2.44. The molecule has 2 aliphatic heterocycles. The molecule has 2 atom stereocenters. The molecule has 2 N–H and O–H groups in total. The second-order valence-corrected chi connectivity index (χ2v) is 6.68. The Balaban J connectivity index is 1.96. The molecule has 0 amide bonds. The molecule has 2 saturated heterocycles. The maximum atomic E-state index is 11.3. The van der Waals surface area contributed by atoms with Crippen LogP contribution in [0.4, 0.5) is 0 Å². The zero-order valence-electron chi connectivity index (χ0n) is 8.35. The van der Waals surface area contributed by atoms with Crippen molar-refractivity contribution in [2.24, 2.45) is 5.73 Å². The van der Waals surface area contributed by atoms with Gasteiger partial charge in [0, 0.05) is 18.6 Å². The summed E-state index contributed by atoms with van der Waals surface area (Å²) in [6.07, 6.45) is 2.99. The van der Waals surface area contributed by atoms with Gasteiger partial charge in [-0.3, -0.25) is 4.90 Å². The third-order valence-electron chi connectivity index (χ3n) is 3.21. The van der Waals surface area contributed by atoms with Crippen molar-refractivity contribution >= 4 is 9.84 Å². The fourth-order valence-corrected chi connectivity index (χ4v) is 4.20. The molecule has 2 rings (SSSR count). The summed E-state index contributed by atoms with van der Waals surface area (Å²) in [5, 5.41) is 0. The lowest BCUT2D eigenvalue weighted by molar-refractivity contribution is 0.162. The maximum Gasteiger partial charge on any atom is 0.151 e. The van der Waals surface area contributed by atoms with Gasteiger partial charge in [0.15, 0.2) is 9.84 Å². The lowest BCUT2D eigenvalue weighted by atomic mass is 10.0. The third-order valence-corrected chi connectivity index (χ3v) is 4.96. The van der Waals surface area contributed by atoms with Crippen molar-refractivity contribution in [3.8, 4) is 0 Å². The molecule has 0 spiro atoms. The van der Waals surface area contributed by atoms with Crippen molar-refractivity contribution in [2.45, 2.75) is 31.3 Å². The van der Waals surface area contributed by atoms with E-state index < -0.39 is 9.84 Å². The summed E-state index contributed by atoms with van der Waals surface area (Å²) in [7, 11) is -2.74. The van der Waals surface area contributed by atoms with Gasteiger partial charge in [-0.2, -0.15) is 0 Å². The van der Waals surface area contributed by atoms with Gasteiger partial charge in [0.2, 0.25) is 0 Å². The average Bonchev–Trinajstić information content (AvgIpc) is 2.46. The van der Waals surface area contributed by atoms with Crippen molar-refractivity contribution in [3.63, 3.8) is 0 Å². The van der Waals surface area contributed by atoms with Gasteiger partial charge in [0.25, 0.3) is 0 Å². The van der Waals surface area contributed by atoms with Gasteiger partial charge in [-0.25, -0.2) is 8.42 Å². The molecule has 82 valence electrons. The first-order valence-electron chi connectivity index (χ1n) is 5.27. The molecule has 14 heavy (non-hydrogen) atoms. The molecule has 0 bridgehead atoms. The number of hydrogen-bond donors (Lipinski definition) is 1. The molecule has 0 aromatic rings. The van der Waals surface area contributed by atoms with Crippen LogP contribution in [0, 0.1) is 0 Å². The first kappa shape index (κ1) is 10.4. The highest BCUT2D eigenvalue weighted by Gasteiger charge is 2.33. The standard InChI is InChI=1S/C9H18N2O2S/c10-8-2-1-4-11(6-8)9-3-5-14(12,13)7-9/h8-9H,1-7,10H2/t8-,9-/m0/s1. The predicted molar refractivity (Wildman–Crippen MR) is 55.8 cm³/mol. The summed E-state index contributed by atoms with van der Waals surface area (Å²) in [6.45, 7) is 1.90. The number of nitrogens with zero attached hydrogens (tertiary/aromatic N) is 1. The Kier molecular flexibility index (Phi) is 2.81. The molecule has 0 aromatic carbocycles. The highest BCUT2D eigenvalue weighted by atomic mass is 32.2. The van der Waals surface area contributed by atoms with E-state index >= 15 is 0 Å². The van der Waals surface area contributed by atoms with Crippen molar-refractivity contribution in [3.05, 3.63) is 0 Å². The predicted octanol–water partition coefficient (Wildman–Crippen LogP) is -0.403. The fraction of sp³-hybridized carbons (Fsp3) is 1.00. The Morgan fingerprint density at radius 2 is 2.07 bits per heavy atom. The molecule has 2 aliphatic rings. The Hall–Kier alpha value is -0.130. The summed E-state index contributed by atoms with van der Waals surface area (Å²) in [4.78, 5) is 2.26. The maximum absolute atomic E-state index is 11.3. The molecule has 0 saturated carbocycles. The summed E-state index contributed by atoms with van der Waals surface area (Å²) in [5.74, 6) is 0.711. The van der Waals surface area contributed by atoms with Gasteiger partial charge < -0.3 is 5.73 Å². The lowest BCUT2D eigenvalue weighted by Crippen LogP contribution is -2.48. The molecular weight excluding hydrogens is 200 g/mol. The second-order valence-electron chi connectivity index (χ2n) is 4.45. The van der Waals surface area contributed by atoms with Crippen LogP contribution in [-0.4, -0.2) is 50.0 Å². The third kappa shape index (κ3) is 2.27. The van der Waals surface area contributed by atoms with Gasteiger partial charge in [-0.1, -0.05) is 0 Å². The van der Waals surface area contributed by atoms with Gasteiger partial charge >= 0.3 is 0 Å². The Bertz CT molecular complexity index is 302. The van der Waals surface area contributed by atoms with E-state index in [1.165, 1.54) is 0 Å². The van der Waals surface area contributed by atoms with Crippen molar-refractivity contribution in [1.82, 2.24) is 4.90 Å². The highest BCUT2D eigenvalue weighted by Crippen LogP contribution is 2.21. The van der Waals surface area contributed by atoms with E-state index in [9.17, 15) is 8.42 Å². The van der Waals surface area contributed by atoms with Crippen LogP contribution in [-0.2, 0) is 9.84 Å². The van der Waals surface area contributed by atoms with E-state index in [-0.39, 0.29) is 12.1 Å². The lowest BCUT2D eigenvalue weighted by Gasteiger charge is -2.34. The van der Waals surface area contributed by atoms with E-state index in [4.69, 9.17) is 5.73 Å². The number of rotatable bonds is 1. The number of nitrogens with two attached hydrogens (primary N) is 1. The molecule has 0 unspecified atom stereocenters. The zero-order chi connectivity index (χ0) is 10.2. The van der Waals surface area contributed by atoms with Crippen molar-refractivity contribution < 1.29 is 8.42 Å². The molecule has 0 aromatic heterocycles. The van der Waals surface area contributed by atoms with Crippen LogP contribution in [0.3, 0.4) is 0 Å². The monoisotopic (exact) mass is 218 g/mol. The topological polar surface area (TPSA) is 63.4 Å². The van der Waals surface area contributed by atoms with Crippen LogP contribution < -0.4 is 5.73 Å². The smallest absolute Gasteiger partial charge is 0.151 e. The Morgan fingerprint density at radius 3 is 2.64 bits per heavy atom. The van der Waals surface area contributed by atoms with E-state index in [0.29, 0.717) is 11.5 Å². The average molecular weight is 218 g/mol. The van der Waals surface area contributed by atoms with Crippen molar-refractivity contribution in [1.29, 1.82) is 0 Å². The van der Waals surface area contributed by atoms with E-state index in [1.54, 1.807) is 0 Å². The van der Waals surface area contributed by atoms with Crippen LogP contribution in [0.25, 0.3) is 0 Å². The number of likely N-dealkylation sites (tertiary alicyclic amines) is 1. The largest absolute Gasteiger partial charge is 0.327 e. The summed E-state index contributed by atoms with van der Waals surface area (Å²) in [5.41, 5.74) is 5.87. The number of sulfone groups is 1. The first-order chi connectivity index (χ1) is 6.57. The Morgan fingerprint density at radius 1 is 1.29 bits per heavy atom. The molecule has 2 fully saturated rings. The van der Waals surface area contributed by atoms with Crippen LogP contribution in [0.15, 0.2) is 0 Å². The van der Waals surface area contributed by atoms with Gasteiger partial charge in [0.1, 0.15) is 0 Å². The highest BCUT2D eigenvalue weighted by molar-refractivity contribution is 7.91. The van der Waals surface area contributed by atoms with Crippen LogP contribution >= 0.6 is 0 Å². The molecule has 0 radical (unpaired) electrons.